The summed E-state index contributed by atoms with van der Waals surface area (Å²) in [5.41, 5.74) is -0.792. The molecule has 32 heavy (non-hydrogen) atoms. The van der Waals surface area contributed by atoms with E-state index in [0.29, 0.717) is 12.8 Å². The molecule has 1 amide bonds. The van der Waals surface area contributed by atoms with Crippen molar-refractivity contribution in [1.29, 1.82) is 5.26 Å². The summed E-state index contributed by atoms with van der Waals surface area (Å²) in [6.07, 6.45) is 2.29. The Hall–Kier alpha value is -2.47. The molecule has 6 nitrogen and oxygen atoms in total. The maximum atomic E-state index is 13.5. The van der Waals surface area contributed by atoms with E-state index in [0.717, 1.165) is 18.9 Å². The molecule has 168 valence electrons. The van der Waals surface area contributed by atoms with Gasteiger partial charge >= 0.3 is 0 Å². The fraction of sp³-hybridized carbons (Fsp3) is 0.391. The maximum Gasteiger partial charge on any atom is 0.255 e. The number of nitrogens with one attached hydrogen (secondary N) is 1. The molecule has 0 radical (unpaired) electrons. The second kappa shape index (κ2) is 8.14. The lowest BCUT2D eigenvalue weighted by Crippen LogP contribution is -2.45. The number of rotatable bonds is 4. The summed E-state index contributed by atoms with van der Waals surface area (Å²) in [6.45, 7) is 1.78. The first kappa shape index (κ1) is 22.7. The van der Waals surface area contributed by atoms with Crippen LogP contribution in [-0.4, -0.2) is 30.3 Å². The Labute approximate surface area is 190 Å². The molecule has 2 aliphatic carbocycles. The van der Waals surface area contributed by atoms with Crippen LogP contribution in [0, 0.1) is 29.0 Å². The SMILES string of the molecule is CC1(O)C2CC[C@@H]1CC(S(=O)(=O)c1cc(C(=O)Nc3ccc(F)c(C#N)c3)ccc1Cl)C2. The predicted octanol–water partition coefficient (Wildman–Crippen LogP) is 4.32. The Morgan fingerprint density at radius 3 is 2.50 bits per heavy atom. The molecule has 0 saturated heterocycles. The summed E-state index contributed by atoms with van der Waals surface area (Å²) < 4.78 is 40.3. The summed E-state index contributed by atoms with van der Waals surface area (Å²) in [6, 6.07) is 9.29. The summed E-state index contributed by atoms with van der Waals surface area (Å²) in [4.78, 5) is 12.6. The zero-order valence-electron chi connectivity index (χ0n) is 17.3. The molecule has 4 atom stereocenters. The summed E-state index contributed by atoms with van der Waals surface area (Å²) in [5, 5.41) is 21.5. The van der Waals surface area contributed by atoms with Gasteiger partial charge in [0, 0.05) is 11.3 Å². The molecule has 2 fully saturated rings. The van der Waals surface area contributed by atoms with Gasteiger partial charge in [0.25, 0.3) is 5.91 Å². The molecule has 2 aromatic rings. The van der Waals surface area contributed by atoms with Crippen molar-refractivity contribution >= 4 is 33.0 Å². The highest BCUT2D eigenvalue weighted by molar-refractivity contribution is 7.92. The van der Waals surface area contributed by atoms with Gasteiger partial charge < -0.3 is 10.4 Å². The van der Waals surface area contributed by atoms with Crippen molar-refractivity contribution in [3.63, 3.8) is 0 Å². The second-order valence-corrected chi connectivity index (χ2v) is 11.3. The van der Waals surface area contributed by atoms with Crippen LogP contribution in [0.5, 0.6) is 0 Å². The molecule has 0 aromatic heterocycles. The zero-order chi connectivity index (χ0) is 23.3. The Balaban J connectivity index is 1.60. The van der Waals surface area contributed by atoms with Crippen molar-refractivity contribution < 1.29 is 22.7 Å². The molecular formula is C23H22ClFN2O4S. The highest BCUT2D eigenvalue weighted by Crippen LogP contribution is 2.51. The van der Waals surface area contributed by atoms with Crippen molar-refractivity contribution in [2.75, 3.05) is 5.32 Å². The molecule has 0 heterocycles. The average Bonchev–Trinajstić information content (AvgIpc) is 2.92. The number of carbonyl (C=O) groups excluding carboxylic acids is 1. The van der Waals surface area contributed by atoms with Crippen molar-refractivity contribution in [3.05, 3.63) is 58.4 Å². The number of halogens is 2. The Kier molecular flexibility index (Phi) is 5.78. The van der Waals surface area contributed by atoms with E-state index >= 15 is 0 Å². The van der Waals surface area contributed by atoms with Crippen molar-refractivity contribution in [2.45, 2.75) is 48.4 Å². The lowest BCUT2D eigenvalue weighted by atomic mass is 9.76. The first-order valence-corrected chi connectivity index (χ1v) is 12.2. The number of aliphatic hydroxyl groups is 1. The van der Waals surface area contributed by atoms with E-state index in [1.165, 1.54) is 30.3 Å². The lowest BCUT2D eigenvalue weighted by Gasteiger charge is -2.40. The van der Waals surface area contributed by atoms with Crippen molar-refractivity contribution in [1.82, 2.24) is 0 Å². The molecule has 4 rings (SSSR count). The van der Waals surface area contributed by atoms with Gasteiger partial charge in [0.05, 0.1) is 26.3 Å². The maximum absolute atomic E-state index is 13.5. The monoisotopic (exact) mass is 476 g/mol. The molecule has 2 saturated carbocycles. The fourth-order valence-electron chi connectivity index (χ4n) is 4.95. The molecule has 9 heteroatoms. The number of anilines is 1. The molecule has 2 bridgehead atoms. The molecule has 3 unspecified atom stereocenters. The number of hydrogen-bond acceptors (Lipinski definition) is 5. The van der Waals surface area contributed by atoms with Gasteiger partial charge in [-0.15, -0.1) is 0 Å². The minimum Gasteiger partial charge on any atom is -0.390 e. The number of nitriles is 1. The molecule has 2 aromatic carbocycles. The highest BCUT2D eigenvalue weighted by atomic mass is 35.5. The summed E-state index contributed by atoms with van der Waals surface area (Å²) >= 11 is 6.23. The van der Waals surface area contributed by atoms with Crippen LogP contribution in [0.25, 0.3) is 0 Å². The molecule has 0 aliphatic heterocycles. The quantitative estimate of drug-likeness (QED) is 0.683. The van der Waals surface area contributed by atoms with Crippen LogP contribution in [0.3, 0.4) is 0 Å². The fourth-order valence-corrected chi connectivity index (χ4v) is 7.35. The smallest absolute Gasteiger partial charge is 0.255 e. The topological polar surface area (TPSA) is 107 Å². The molecule has 2 N–H and O–H groups in total. The van der Waals surface area contributed by atoms with Gasteiger partial charge in [-0.3, -0.25) is 4.79 Å². The van der Waals surface area contributed by atoms with Gasteiger partial charge in [0.2, 0.25) is 0 Å². The largest absolute Gasteiger partial charge is 0.390 e. The summed E-state index contributed by atoms with van der Waals surface area (Å²) in [5.74, 6) is -1.48. The van der Waals surface area contributed by atoms with Crippen LogP contribution in [0.15, 0.2) is 41.3 Å². The van der Waals surface area contributed by atoms with Crippen LogP contribution in [0.4, 0.5) is 10.1 Å². The number of benzene rings is 2. The zero-order valence-corrected chi connectivity index (χ0v) is 18.9. The van der Waals surface area contributed by atoms with E-state index in [1.54, 1.807) is 13.0 Å². The van der Waals surface area contributed by atoms with Gasteiger partial charge in [0.15, 0.2) is 9.84 Å². The van der Waals surface area contributed by atoms with E-state index in [2.05, 4.69) is 5.32 Å². The number of hydrogen-bond donors (Lipinski definition) is 2. The van der Waals surface area contributed by atoms with Crippen LogP contribution in [-0.2, 0) is 9.84 Å². The van der Waals surface area contributed by atoms with Gasteiger partial charge in [-0.05, 0) is 80.8 Å². The number of nitrogens with zero attached hydrogens (tertiary/aromatic N) is 1. The van der Waals surface area contributed by atoms with E-state index in [-0.39, 0.29) is 38.6 Å². The van der Waals surface area contributed by atoms with E-state index < -0.39 is 32.4 Å². The number of amides is 1. The Morgan fingerprint density at radius 1 is 1.22 bits per heavy atom. The lowest BCUT2D eigenvalue weighted by molar-refractivity contribution is -0.0413. The van der Waals surface area contributed by atoms with E-state index in [9.17, 15) is 22.7 Å². The van der Waals surface area contributed by atoms with Crippen molar-refractivity contribution in [2.24, 2.45) is 11.8 Å². The van der Waals surface area contributed by atoms with Gasteiger partial charge in [0.1, 0.15) is 11.9 Å². The number of sulfone groups is 1. The van der Waals surface area contributed by atoms with Crippen molar-refractivity contribution in [3.8, 4) is 6.07 Å². The summed E-state index contributed by atoms with van der Waals surface area (Å²) in [7, 11) is -3.83. The second-order valence-electron chi connectivity index (χ2n) is 8.74. The molecule has 2 aliphatic rings. The van der Waals surface area contributed by atoms with E-state index in [1.807, 2.05) is 0 Å². The average molecular weight is 477 g/mol. The third-order valence-electron chi connectivity index (χ3n) is 6.89. The predicted molar refractivity (Wildman–Crippen MR) is 118 cm³/mol. The first-order chi connectivity index (χ1) is 15.0. The van der Waals surface area contributed by atoms with Crippen LogP contribution in [0.1, 0.15) is 48.5 Å². The molecular weight excluding hydrogens is 455 g/mol. The van der Waals surface area contributed by atoms with Gasteiger partial charge in [-0.1, -0.05) is 11.6 Å². The first-order valence-electron chi connectivity index (χ1n) is 10.3. The minimum atomic E-state index is -3.83. The van der Waals surface area contributed by atoms with Crippen LogP contribution < -0.4 is 5.32 Å². The number of carbonyl (C=O) groups is 1. The minimum absolute atomic E-state index is 0.0276. The highest BCUT2D eigenvalue weighted by Gasteiger charge is 2.53. The normalized spacial score (nSPS) is 27.0. The van der Waals surface area contributed by atoms with Gasteiger partial charge in [-0.2, -0.15) is 5.26 Å². The van der Waals surface area contributed by atoms with Gasteiger partial charge in [-0.25, -0.2) is 12.8 Å². The van der Waals surface area contributed by atoms with E-state index in [4.69, 9.17) is 16.9 Å². The molecule has 0 spiro atoms. The third-order valence-corrected chi connectivity index (χ3v) is 9.55. The standard InChI is InChI=1S/C23H22ClFN2O4S/c1-23(29)15-3-4-16(23)11-18(10-15)32(30,31)21-9-13(2-6-19(21)24)22(28)27-17-5-7-20(25)14(8-17)12-26/h2,5-9,15-16,18,29H,3-4,10-11H2,1H3,(H,27,28)/t15-,16?,18?,23?/m1/s1. The third kappa shape index (κ3) is 3.90. The Morgan fingerprint density at radius 2 is 1.88 bits per heavy atom. The van der Waals surface area contributed by atoms with Crippen LogP contribution >= 0.6 is 11.6 Å². The Bertz CT molecular complexity index is 1220. The number of fused-ring (bicyclic) bond motifs is 2. The van der Waals surface area contributed by atoms with Crippen LogP contribution in [0.2, 0.25) is 5.02 Å².